The molecule has 22 heavy (non-hydrogen) atoms. The number of fused-ring (bicyclic) bond motifs is 1. The van der Waals surface area contributed by atoms with E-state index in [1.54, 1.807) is 0 Å². The second-order valence-corrected chi connectivity index (χ2v) is 5.60. The molecule has 1 aliphatic rings. The summed E-state index contributed by atoms with van der Waals surface area (Å²) in [4.78, 5) is 14.3. The molecule has 0 radical (unpaired) electrons. The largest absolute Gasteiger partial charge is 0.373 e. The minimum Gasteiger partial charge on any atom is -0.373 e. The van der Waals surface area contributed by atoms with Gasteiger partial charge in [-0.2, -0.15) is 0 Å². The number of likely N-dealkylation sites (N-methyl/N-ethyl adjacent to an activating group) is 1. The number of hydrogen-bond donors (Lipinski definition) is 2. The average molecular weight is 295 g/mol. The highest BCUT2D eigenvalue weighted by Crippen LogP contribution is 2.17. The van der Waals surface area contributed by atoms with Crippen LogP contribution in [0.3, 0.4) is 0 Å². The minimum absolute atomic E-state index is 0.00355. The lowest BCUT2D eigenvalue weighted by atomic mass is 10.1. The zero-order valence-corrected chi connectivity index (χ0v) is 12.8. The van der Waals surface area contributed by atoms with Crippen molar-refractivity contribution in [2.45, 2.75) is 13.1 Å². The van der Waals surface area contributed by atoms with E-state index in [0.29, 0.717) is 6.54 Å². The minimum atomic E-state index is -0.00355. The van der Waals surface area contributed by atoms with Crippen molar-refractivity contribution in [3.05, 3.63) is 65.2 Å². The van der Waals surface area contributed by atoms with Gasteiger partial charge in [-0.1, -0.05) is 24.3 Å². The Morgan fingerprint density at radius 3 is 2.73 bits per heavy atom. The number of hydrogen-bond acceptors (Lipinski definition) is 3. The van der Waals surface area contributed by atoms with E-state index < -0.39 is 0 Å². The number of nitrogens with one attached hydrogen (secondary N) is 2. The molecule has 2 aromatic carbocycles. The van der Waals surface area contributed by atoms with Crippen molar-refractivity contribution in [1.29, 1.82) is 0 Å². The van der Waals surface area contributed by atoms with Gasteiger partial charge in [0.1, 0.15) is 0 Å². The Kier molecular flexibility index (Phi) is 4.39. The Balaban J connectivity index is 1.52. The van der Waals surface area contributed by atoms with Crippen molar-refractivity contribution in [2.24, 2.45) is 0 Å². The molecule has 1 aliphatic heterocycles. The molecule has 4 nitrogen and oxygen atoms in total. The molecule has 114 valence electrons. The van der Waals surface area contributed by atoms with E-state index in [1.165, 1.54) is 11.1 Å². The Bertz CT molecular complexity index is 655. The summed E-state index contributed by atoms with van der Waals surface area (Å²) in [6.07, 6.45) is 0. The Hall–Kier alpha value is -2.33. The third-order valence-electron chi connectivity index (χ3n) is 4.03. The van der Waals surface area contributed by atoms with Crippen molar-refractivity contribution < 1.29 is 4.79 Å². The first-order chi connectivity index (χ1) is 10.7. The molecule has 4 heteroatoms. The molecule has 3 rings (SSSR count). The number of para-hydroxylation sites is 1. The summed E-state index contributed by atoms with van der Waals surface area (Å²) in [5.41, 5.74) is 4.42. The molecule has 2 N–H and O–H groups in total. The van der Waals surface area contributed by atoms with Crippen molar-refractivity contribution >= 4 is 11.6 Å². The average Bonchev–Trinajstić information content (AvgIpc) is 3.03. The highest BCUT2D eigenvalue weighted by atomic mass is 16.1. The van der Waals surface area contributed by atoms with Crippen LogP contribution in [-0.2, 0) is 13.1 Å². The van der Waals surface area contributed by atoms with Crippen LogP contribution in [-0.4, -0.2) is 26.0 Å². The maximum absolute atomic E-state index is 12.2. The smallest absolute Gasteiger partial charge is 0.251 e. The van der Waals surface area contributed by atoms with Gasteiger partial charge in [-0.25, -0.2) is 0 Å². The van der Waals surface area contributed by atoms with Crippen molar-refractivity contribution in [3.8, 4) is 0 Å². The van der Waals surface area contributed by atoms with Gasteiger partial charge in [0.15, 0.2) is 0 Å². The number of carbonyl (C=O) groups excluding carboxylic acids is 1. The third-order valence-corrected chi connectivity index (χ3v) is 4.03. The Morgan fingerprint density at radius 2 is 1.91 bits per heavy atom. The van der Waals surface area contributed by atoms with Crippen LogP contribution in [0.25, 0.3) is 0 Å². The molecule has 0 saturated carbocycles. The lowest BCUT2D eigenvalue weighted by Crippen LogP contribution is -2.33. The molecule has 0 aliphatic carbocycles. The van der Waals surface area contributed by atoms with Crippen molar-refractivity contribution in [2.75, 3.05) is 25.0 Å². The Morgan fingerprint density at radius 1 is 1.14 bits per heavy atom. The van der Waals surface area contributed by atoms with Gasteiger partial charge in [-0.3, -0.25) is 4.79 Å². The zero-order chi connectivity index (χ0) is 15.4. The lowest BCUT2D eigenvalue weighted by molar-refractivity contribution is 0.0954. The number of carbonyl (C=O) groups is 1. The molecule has 0 bridgehead atoms. The maximum Gasteiger partial charge on any atom is 0.251 e. The number of anilines is 1. The molecule has 0 saturated heterocycles. The normalized spacial score (nSPS) is 12.8. The second kappa shape index (κ2) is 6.62. The first kappa shape index (κ1) is 14.6. The van der Waals surface area contributed by atoms with Crippen molar-refractivity contribution in [3.63, 3.8) is 0 Å². The van der Waals surface area contributed by atoms with Crippen LogP contribution in [0.5, 0.6) is 0 Å². The first-order valence-electron chi connectivity index (χ1n) is 7.61. The molecule has 0 atom stereocenters. The summed E-state index contributed by atoms with van der Waals surface area (Å²) < 4.78 is 0. The molecule has 2 aromatic rings. The standard InChI is InChI=1S/C18H21N3O/c1-21(17-5-3-2-4-6-17)10-9-20-18(22)14-7-8-15-12-19-13-16(15)11-14/h2-8,11,19H,9-10,12-13H2,1H3,(H,20,22). The summed E-state index contributed by atoms with van der Waals surface area (Å²) in [7, 11) is 2.03. The Labute approximate surface area is 131 Å². The van der Waals surface area contributed by atoms with E-state index in [-0.39, 0.29) is 5.91 Å². The van der Waals surface area contributed by atoms with E-state index in [2.05, 4.69) is 27.7 Å². The SMILES string of the molecule is CN(CCNC(=O)c1ccc2c(c1)CNC2)c1ccccc1. The predicted octanol–water partition coefficient (Wildman–Crippen LogP) is 2.16. The van der Waals surface area contributed by atoms with Crippen LogP contribution >= 0.6 is 0 Å². The number of amides is 1. The van der Waals surface area contributed by atoms with Crippen LogP contribution in [0, 0.1) is 0 Å². The second-order valence-electron chi connectivity index (χ2n) is 5.60. The lowest BCUT2D eigenvalue weighted by Gasteiger charge is -2.19. The van der Waals surface area contributed by atoms with Gasteiger partial charge in [0, 0.05) is 44.5 Å². The highest BCUT2D eigenvalue weighted by Gasteiger charge is 2.13. The van der Waals surface area contributed by atoms with Gasteiger partial charge in [0.05, 0.1) is 0 Å². The van der Waals surface area contributed by atoms with E-state index in [4.69, 9.17) is 0 Å². The van der Waals surface area contributed by atoms with Gasteiger partial charge >= 0.3 is 0 Å². The first-order valence-corrected chi connectivity index (χ1v) is 7.61. The summed E-state index contributed by atoms with van der Waals surface area (Å²) >= 11 is 0. The topological polar surface area (TPSA) is 44.4 Å². The van der Waals surface area contributed by atoms with E-state index in [1.807, 2.05) is 43.4 Å². The molecule has 0 fully saturated rings. The monoisotopic (exact) mass is 295 g/mol. The van der Waals surface area contributed by atoms with Crippen LogP contribution in [0.4, 0.5) is 5.69 Å². The fraction of sp³-hybridized carbons (Fsp3) is 0.278. The van der Waals surface area contributed by atoms with Crippen LogP contribution < -0.4 is 15.5 Å². The third kappa shape index (κ3) is 3.28. The predicted molar refractivity (Wildman–Crippen MR) is 89.0 cm³/mol. The molecule has 0 spiro atoms. The molecule has 1 amide bonds. The van der Waals surface area contributed by atoms with Crippen molar-refractivity contribution in [1.82, 2.24) is 10.6 Å². The fourth-order valence-corrected chi connectivity index (χ4v) is 2.69. The summed E-state index contributed by atoms with van der Waals surface area (Å²) in [6, 6.07) is 16.1. The fourth-order valence-electron chi connectivity index (χ4n) is 2.69. The number of rotatable bonds is 5. The number of benzene rings is 2. The van der Waals surface area contributed by atoms with E-state index in [9.17, 15) is 4.79 Å². The molecular formula is C18H21N3O. The van der Waals surface area contributed by atoms with Gasteiger partial charge in [0.2, 0.25) is 0 Å². The van der Waals surface area contributed by atoms with Gasteiger partial charge in [-0.05, 0) is 35.4 Å². The molecular weight excluding hydrogens is 274 g/mol. The molecule has 0 unspecified atom stereocenters. The highest BCUT2D eigenvalue weighted by molar-refractivity contribution is 5.94. The van der Waals surface area contributed by atoms with Crippen LogP contribution in [0.1, 0.15) is 21.5 Å². The quantitative estimate of drug-likeness (QED) is 0.888. The van der Waals surface area contributed by atoms with Gasteiger partial charge < -0.3 is 15.5 Å². The van der Waals surface area contributed by atoms with Gasteiger partial charge in [0.25, 0.3) is 5.91 Å². The molecule has 1 heterocycles. The maximum atomic E-state index is 12.2. The summed E-state index contributed by atoms with van der Waals surface area (Å²) in [6.45, 7) is 3.16. The molecule has 0 aromatic heterocycles. The van der Waals surface area contributed by atoms with Gasteiger partial charge in [-0.15, -0.1) is 0 Å². The zero-order valence-electron chi connectivity index (χ0n) is 12.8. The number of nitrogens with zero attached hydrogens (tertiary/aromatic N) is 1. The van der Waals surface area contributed by atoms with Crippen LogP contribution in [0.15, 0.2) is 48.5 Å². The summed E-state index contributed by atoms with van der Waals surface area (Å²) in [5.74, 6) is -0.00355. The van der Waals surface area contributed by atoms with E-state index in [0.717, 1.165) is 30.9 Å². The van der Waals surface area contributed by atoms with Crippen LogP contribution in [0.2, 0.25) is 0 Å². The summed E-state index contributed by atoms with van der Waals surface area (Å²) in [5, 5.41) is 6.28. The van der Waals surface area contributed by atoms with E-state index >= 15 is 0 Å².